The van der Waals surface area contributed by atoms with Crippen molar-refractivity contribution in [2.24, 2.45) is 0 Å². The molecule has 1 fully saturated rings. The summed E-state index contributed by atoms with van der Waals surface area (Å²) in [5.74, 6) is 0. The number of carbonyl (C=O) groups is 1. The number of hydrogen-bond acceptors (Lipinski definition) is 2. The van der Waals surface area contributed by atoms with E-state index in [0.29, 0.717) is 0 Å². The zero-order chi connectivity index (χ0) is 12.3. The minimum atomic E-state index is -0.435. The van der Waals surface area contributed by atoms with Crippen molar-refractivity contribution in [1.29, 1.82) is 0 Å². The van der Waals surface area contributed by atoms with Crippen LogP contribution in [0.25, 0.3) is 0 Å². The van der Waals surface area contributed by atoms with Crippen LogP contribution in [0.2, 0.25) is 0 Å². The molecule has 16 heavy (non-hydrogen) atoms. The smallest absolute Gasteiger partial charge is 0.410 e. The van der Waals surface area contributed by atoms with E-state index in [0.717, 1.165) is 25.0 Å². The zero-order valence-electron chi connectivity index (χ0n) is 10.7. The first-order valence-corrected chi connectivity index (χ1v) is 5.71. The molecular formula is C13H21NO2. The van der Waals surface area contributed by atoms with Gasteiger partial charge in [-0.15, -0.1) is 5.73 Å². The Morgan fingerprint density at radius 1 is 1.50 bits per heavy atom. The van der Waals surface area contributed by atoms with E-state index >= 15 is 0 Å². The molecule has 0 N–H and O–H groups in total. The lowest BCUT2D eigenvalue weighted by Gasteiger charge is -2.28. The lowest BCUT2D eigenvalue weighted by atomic mass is 10.1. The van der Waals surface area contributed by atoms with Gasteiger partial charge in [-0.3, -0.25) is 0 Å². The molecule has 0 spiro atoms. The molecule has 1 rings (SSSR count). The van der Waals surface area contributed by atoms with E-state index in [9.17, 15) is 4.79 Å². The number of likely N-dealkylation sites (tertiary alicyclic amines) is 1. The molecule has 0 aliphatic carbocycles. The number of rotatable bonds is 1. The van der Waals surface area contributed by atoms with Crippen LogP contribution in [-0.4, -0.2) is 29.2 Å². The summed E-state index contributed by atoms with van der Waals surface area (Å²) in [5.41, 5.74) is 3.45. The first kappa shape index (κ1) is 12.9. The lowest BCUT2D eigenvalue weighted by molar-refractivity contribution is 0.0249. The molecule has 1 saturated heterocycles. The zero-order valence-corrected chi connectivity index (χ0v) is 10.7. The predicted octanol–water partition coefficient (Wildman–Crippen LogP) is 3.12. The van der Waals surface area contributed by atoms with Crippen molar-refractivity contribution < 1.29 is 9.53 Å². The standard InChI is InChI=1S/C13H21NO2/c1-6-10(2)11-8-7-9-14(11)12(15)16-13(3,4)5/h11H,1,7-9H2,2-5H3/t11-/m1/s1. The fraction of sp³-hybridized carbons (Fsp3) is 0.692. The maximum absolute atomic E-state index is 11.9. The maximum Gasteiger partial charge on any atom is 0.410 e. The largest absolute Gasteiger partial charge is 0.444 e. The van der Waals surface area contributed by atoms with E-state index in [-0.39, 0.29) is 12.1 Å². The second kappa shape index (κ2) is 4.75. The minimum absolute atomic E-state index is 0.118. The van der Waals surface area contributed by atoms with Gasteiger partial charge >= 0.3 is 6.09 Å². The minimum Gasteiger partial charge on any atom is -0.444 e. The molecule has 0 bridgehead atoms. The molecule has 3 nitrogen and oxygen atoms in total. The molecule has 1 amide bonds. The van der Waals surface area contributed by atoms with Gasteiger partial charge < -0.3 is 9.64 Å². The molecule has 0 unspecified atom stereocenters. The normalized spacial score (nSPS) is 20.5. The first-order chi connectivity index (χ1) is 7.35. The van der Waals surface area contributed by atoms with E-state index < -0.39 is 5.60 Å². The van der Waals surface area contributed by atoms with Gasteiger partial charge in [0.1, 0.15) is 5.60 Å². The van der Waals surface area contributed by atoms with Crippen LogP contribution < -0.4 is 0 Å². The molecule has 1 atom stereocenters. The highest BCUT2D eigenvalue weighted by Gasteiger charge is 2.32. The molecule has 0 saturated carbocycles. The Hall–Kier alpha value is -1.21. The molecule has 3 heteroatoms. The van der Waals surface area contributed by atoms with Crippen molar-refractivity contribution in [1.82, 2.24) is 4.90 Å². The van der Waals surface area contributed by atoms with Gasteiger partial charge in [-0.2, -0.15) is 0 Å². The molecule has 0 aromatic carbocycles. The van der Waals surface area contributed by atoms with E-state index in [1.807, 2.05) is 27.7 Å². The molecule has 0 aromatic rings. The Balaban J connectivity index is 2.72. The Labute approximate surface area is 97.8 Å². The van der Waals surface area contributed by atoms with Crippen LogP contribution in [0.15, 0.2) is 17.9 Å². The summed E-state index contributed by atoms with van der Waals surface area (Å²) in [4.78, 5) is 13.7. The van der Waals surface area contributed by atoms with Crippen LogP contribution in [0.5, 0.6) is 0 Å². The fourth-order valence-corrected chi connectivity index (χ4v) is 1.87. The predicted molar refractivity (Wildman–Crippen MR) is 64.3 cm³/mol. The van der Waals surface area contributed by atoms with Crippen LogP contribution in [-0.2, 0) is 4.74 Å². The van der Waals surface area contributed by atoms with Gasteiger partial charge in [0, 0.05) is 6.54 Å². The number of hydrogen-bond donors (Lipinski definition) is 0. The van der Waals surface area contributed by atoms with Crippen LogP contribution in [0, 0.1) is 0 Å². The Morgan fingerprint density at radius 2 is 2.12 bits per heavy atom. The van der Waals surface area contributed by atoms with Crippen molar-refractivity contribution in [3.8, 4) is 0 Å². The maximum atomic E-state index is 11.9. The van der Waals surface area contributed by atoms with Crippen LogP contribution in [0.4, 0.5) is 4.79 Å². The summed E-state index contributed by atoms with van der Waals surface area (Å²) in [6, 6.07) is 0.118. The molecule has 1 aliphatic heterocycles. The van der Waals surface area contributed by atoms with Crippen molar-refractivity contribution in [3.05, 3.63) is 17.9 Å². The average molecular weight is 223 g/mol. The van der Waals surface area contributed by atoms with Crippen molar-refractivity contribution in [3.63, 3.8) is 0 Å². The summed E-state index contributed by atoms with van der Waals surface area (Å²) >= 11 is 0. The monoisotopic (exact) mass is 223 g/mol. The summed E-state index contributed by atoms with van der Waals surface area (Å²) < 4.78 is 5.37. The molecule has 0 radical (unpaired) electrons. The van der Waals surface area contributed by atoms with Crippen molar-refractivity contribution in [2.75, 3.05) is 6.54 Å². The highest BCUT2D eigenvalue weighted by molar-refractivity contribution is 5.69. The van der Waals surface area contributed by atoms with E-state index in [4.69, 9.17) is 4.74 Å². The first-order valence-electron chi connectivity index (χ1n) is 5.71. The van der Waals surface area contributed by atoms with Crippen LogP contribution in [0.3, 0.4) is 0 Å². The van der Waals surface area contributed by atoms with Crippen molar-refractivity contribution in [2.45, 2.75) is 52.2 Å². The van der Waals surface area contributed by atoms with Gasteiger partial charge in [0.05, 0.1) is 6.04 Å². The van der Waals surface area contributed by atoms with Gasteiger partial charge in [0.2, 0.25) is 0 Å². The van der Waals surface area contributed by atoms with E-state index in [1.165, 1.54) is 0 Å². The topological polar surface area (TPSA) is 29.5 Å². The third-order valence-corrected chi connectivity index (χ3v) is 2.66. The quantitative estimate of drug-likeness (QED) is 0.639. The van der Waals surface area contributed by atoms with Gasteiger partial charge in [-0.25, -0.2) is 4.79 Å². The number of carbonyl (C=O) groups excluding carboxylic acids is 1. The summed E-state index contributed by atoms with van der Waals surface area (Å²) in [6.07, 6.45) is 1.76. The summed E-state index contributed by atoms with van der Waals surface area (Å²) in [5, 5.41) is 0. The molecule has 0 aromatic heterocycles. The van der Waals surface area contributed by atoms with Crippen LogP contribution in [0.1, 0.15) is 40.5 Å². The molecule has 1 heterocycles. The van der Waals surface area contributed by atoms with Crippen molar-refractivity contribution >= 4 is 6.09 Å². The summed E-state index contributed by atoms with van der Waals surface area (Å²) in [7, 11) is 0. The average Bonchev–Trinajstić information content (AvgIpc) is 2.62. The Morgan fingerprint density at radius 3 is 2.62 bits per heavy atom. The fourth-order valence-electron chi connectivity index (χ4n) is 1.87. The third-order valence-electron chi connectivity index (χ3n) is 2.66. The molecule has 90 valence electrons. The van der Waals surface area contributed by atoms with Gasteiger partial charge in [-0.1, -0.05) is 6.58 Å². The SMILES string of the molecule is C=C=C(C)[C@H]1CCCN1C(=O)OC(C)(C)C. The number of nitrogens with zero attached hydrogens (tertiary/aromatic N) is 1. The molecule has 1 aliphatic rings. The second-order valence-electron chi connectivity index (χ2n) is 5.19. The number of amides is 1. The van der Waals surface area contributed by atoms with Gasteiger partial charge in [0.25, 0.3) is 0 Å². The lowest BCUT2D eigenvalue weighted by Crippen LogP contribution is -2.40. The number of ether oxygens (including phenoxy) is 1. The third kappa shape index (κ3) is 3.14. The summed E-state index contributed by atoms with van der Waals surface area (Å²) in [6.45, 7) is 12.0. The van der Waals surface area contributed by atoms with Crippen LogP contribution >= 0.6 is 0 Å². The van der Waals surface area contributed by atoms with E-state index in [1.54, 1.807) is 4.90 Å². The van der Waals surface area contributed by atoms with E-state index in [2.05, 4.69) is 12.3 Å². The Bertz CT molecular complexity index is 321. The Kier molecular flexibility index (Phi) is 3.82. The van der Waals surface area contributed by atoms with Gasteiger partial charge in [-0.05, 0) is 46.1 Å². The highest BCUT2D eigenvalue weighted by Crippen LogP contribution is 2.25. The van der Waals surface area contributed by atoms with Gasteiger partial charge in [0.15, 0.2) is 0 Å². The molecular weight excluding hydrogens is 202 g/mol. The highest BCUT2D eigenvalue weighted by atomic mass is 16.6. The second-order valence-corrected chi connectivity index (χ2v) is 5.19.